The largest absolute Gasteiger partial charge is 0.325 e. The Morgan fingerprint density at radius 3 is 2.63 bits per heavy atom. The average Bonchev–Trinajstić information content (AvgIpc) is 2.26. The molecule has 0 fully saturated rings. The Kier molecular flexibility index (Phi) is 5.94. The molecule has 6 nitrogen and oxygen atoms in total. The van der Waals surface area contributed by atoms with Gasteiger partial charge in [0.15, 0.2) is 0 Å². The van der Waals surface area contributed by atoms with Gasteiger partial charge in [-0.3, -0.25) is 4.79 Å². The summed E-state index contributed by atoms with van der Waals surface area (Å²) in [6.45, 7) is 2.75. The predicted octanol–water partition coefficient (Wildman–Crippen LogP) is 0.0723. The summed E-state index contributed by atoms with van der Waals surface area (Å²) in [5, 5.41) is 5.60. The lowest BCUT2D eigenvalue weighted by molar-refractivity contribution is -0.115. The number of hydrogen-bond donors (Lipinski definition) is 3. The molecule has 0 spiro atoms. The fourth-order valence-corrected chi connectivity index (χ4v) is 1.93. The molecule has 3 N–H and O–H groups in total. The Morgan fingerprint density at radius 1 is 1.26 bits per heavy atom. The van der Waals surface area contributed by atoms with Gasteiger partial charge < -0.3 is 10.6 Å². The van der Waals surface area contributed by atoms with Crippen LogP contribution in [0, 0.1) is 6.92 Å². The molecule has 0 aliphatic rings. The number of nitrogens with one attached hydrogen (secondary N) is 3. The average molecular weight is 285 g/mol. The van der Waals surface area contributed by atoms with Crippen molar-refractivity contribution in [2.24, 2.45) is 0 Å². The number of hydrogen-bond acceptors (Lipinski definition) is 4. The fraction of sp³-hybridized carbons (Fsp3) is 0.417. The van der Waals surface area contributed by atoms with Gasteiger partial charge in [0.05, 0.1) is 12.8 Å². The molecule has 1 amide bonds. The number of carbonyl (C=O) groups excluding carboxylic acids is 1. The summed E-state index contributed by atoms with van der Waals surface area (Å²) < 4.78 is 23.9. The summed E-state index contributed by atoms with van der Waals surface area (Å²) in [4.78, 5) is 11.6. The van der Waals surface area contributed by atoms with Crippen molar-refractivity contribution in [3.05, 3.63) is 29.8 Å². The van der Waals surface area contributed by atoms with Crippen molar-refractivity contribution in [2.75, 3.05) is 31.2 Å². The highest BCUT2D eigenvalue weighted by Crippen LogP contribution is 2.08. The summed E-state index contributed by atoms with van der Waals surface area (Å²) in [6.07, 6.45) is 1.09. The van der Waals surface area contributed by atoms with Gasteiger partial charge in [0.1, 0.15) is 0 Å². The van der Waals surface area contributed by atoms with Crippen molar-refractivity contribution < 1.29 is 13.2 Å². The number of benzene rings is 1. The molecule has 0 bridgehead atoms. The zero-order chi connectivity index (χ0) is 14.3. The molecular formula is C12H19N3O3S. The second-order valence-electron chi connectivity index (χ2n) is 4.26. The van der Waals surface area contributed by atoms with Crippen molar-refractivity contribution in [3.8, 4) is 0 Å². The van der Waals surface area contributed by atoms with Gasteiger partial charge in [-0.2, -0.15) is 0 Å². The van der Waals surface area contributed by atoms with Gasteiger partial charge in [0.25, 0.3) is 0 Å². The van der Waals surface area contributed by atoms with Crippen molar-refractivity contribution in [1.82, 2.24) is 10.0 Å². The van der Waals surface area contributed by atoms with Gasteiger partial charge >= 0.3 is 0 Å². The highest BCUT2D eigenvalue weighted by Gasteiger charge is 2.02. The smallest absolute Gasteiger partial charge is 0.238 e. The van der Waals surface area contributed by atoms with Gasteiger partial charge in [0, 0.05) is 18.8 Å². The van der Waals surface area contributed by atoms with E-state index in [0.717, 1.165) is 17.5 Å². The first-order valence-corrected chi connectivity index (χ1v) is 7.78. The molecule has 0 atom stereocenters. The van der Waals surface area contributed by atoms with Crippen LogP contribution in [0.1, 0.15) is 5.56 Å². The second-order valence-corrected chi connectivity index (χ2v) is 6.09. The van der Waals surface area contributed by atoms with E-state index in [0.29, 0.717) is 6.54 Å². The molecule has 0 aliphatic heterocycles. The molecule has 1 rings (SSSR count). The number of rotatable bonds is 7. The van der Waals surface area contributed by atoms with Gasteiger partial charge in [0.2, 0.25) is 15.9 Å². The summed E-state index contributed by atoms with van der Waals surface area (Å²) in [5.41, 5.74) is 1.82. The Labute approximate surface area is 113 Å². The molecule has 1 aromatic rings. The van der Waals surface area contributed by atoms with E-state index < -0.39 is 10.0 Å². The Bertz CT molecular complexity index is 529. The molecule has 0 aromatic heterocycles. The topological polar surface area (TPSA) is 87.3 Å². The SMILES string of the molecule is Cc1cccc(NC(=O)CNCCNS(C)(=O)=O)c1. The molecule has 0 heterocycles. The van der Waals surface area contributed by atoms with Gasteiger partial charge in [-0.15, -0.1) is 0 Å². The van der Waals surface area contributed by atoms with Crippen LogP contribution >= 0.6 is 0 Å². The van der Waals surface area contributed by atoms with E-state index >= 15 is 0 Å². The van der Waals surface area contributed by atoms with Crippen LogP contribution in [-0.4, -0.2) is 40.2 Å². The van der Waals surface area contributed by atoms with Crippen molar-refractivity contribution >= 4 is 21.6 Å². The Morgan fingerprint density at radius 2 is 2.00 bits per heavy atom. The van der Waals surface area contributed by atoms with E-state index in [1.165, 1.54) is 0 Å². The third-order valence-corrected chi connectivity index (χ3v) is 2.98. The van der Waals surface area contributed by atoms with Gasteiger partial charge in [-0.25, -0.2) is 13.1 Å². The molecule has 106 valence electrons. The first-order valence-electron chi connectivity index (χ1n) is 5.89. The maximum atomic E-state index is 11.6. The number of amides is 1. The van der Waals surface area contributed by atoms with Crippen molar-refractivity contribution in [2.45, 2.75) is 6.92 Å². The minimum atomic E-state index is -3.17. The third kappa shape index (κ3) is 7.55. The molecule has 19 heavy (non-hydrogen) atoms. The number of aryl methyl sites for hydroxylation is 1. The van der Waals surface area contributed by atoms with E-state index in [2.05, 4.69) is 15.4 Å². The van der Waals surface area contributed by atoms with Crippen LogP contribution in [0.3, 0.4) is 0 Å². The summed E-state index contributed by atoms with van der Waals surface area (Å²) >= 11 is 0. The molecule has 0 unspecified atom stereocenters. The third-order valence-electron chi connectivity index (χ3n) is 2.25. The molecule has 0 saturated carbocycles. The molecule has 0 saturated heterocycles. The van der Waals surface area contributed by atoms with Crippen LogP contribution in [0.15, 0.2) is 24.3 Å². The van der Waals surface area contributed by atoms with E-state index in [1.54, 1.807) is 0 Å². The number of carbonyl (C=O) groups is 1. The van der Waals surface area contributed by atoms with Crippen LogP contribution in [0.4, 0.5) is 5.69 Å². The monoisotopic (exact) mass is 285 g/mol. The van der Waals surface area contributed by atoms with Crippen LogP contribution < -0.4 is 15.4 Å². The number of sulfonamides is 1. The zero-order valence-corrected chi connectivity index (χ0v) is 11.9. The van der Waals surface area contributed by atoms with Crippen molar-refractivity contribution in [3.63, 3.8) is 0 Å². The molecule has 1 aromatic carbocycles. The lowest BCUT2D eigenvalue weighted by atomic mass is 10.2. The van der Waals surface area contributed by atoms with Crippen LogP contribution in [0.5, 0.6) is 0 Å². The van der Waals surface area contributed by atoms with Crippen LogP contribution in [0.25, 0.3) is 0 Å². The Balaban J connectivity index is 2.22. The van der Waals surface area contributed by atoms with E-state index in [4.69, 9.17) is 0 Å². The lowest BCUT2D eigenvalue weighted by Gasteiger charge is -2.07. The zero-order valence-electron chi connectivity index (χ0n) is 11.1. The quantitative estimate of drug-likeness (QED) is 0.619. The molecule has 0 radical (unpaired) electrons. The maximum absolute atomic E-state index is 11.6. The van der Waals surface area contributed by atoms with Crippen molar-refractivity contribution in [1.29, 1.82) is 0 Å². The van der Waals surface area contributed by atoms with E-state index in [1.807, 2.05) is 31.2 Å². The summed E-state index contributed by atoms with van der Waals surface area (Å²) in [7, 11) is -3.17. The van der Waals surface area contributed by atoms with E-state index in [-0.39, 0.29) is 19.0 Å². The second kappa shape index (κ2) is 7.22. The van der Waals surface area contributed by atoms with Gasteiger partial charge in [-0.05, 0) is 24.6 Å². The molecular weight excluding hydrogens is 266 g/mol. The summed E-state index contributed by atoms with van der Waals surface area (Å²) in [5.74, 6) is -0.162. The van der Waals surface area contributed by atoms with Gasteiger partial charge in [-0.1, -0.05) is 12.1 Å². The number of anilines is 1. The predicted molar refractivity (Wildman–Crippen MR) is 75.5 cm³/mol. The molecule has 7 heteroatoms. The summed E-state index contributed by atoms with van der Waals surface area (Å²) in [6, 6.07) is 7.51. The normalized spacial score (nSPS) is 11.3. The highest BCUT2D eigenvalue weighted by molar-refractivity contribution is 7.88. The van der Waals surface area contributed by atoms with Crippen LogP contribution in [0.2, 0.25) is 0 Å². The maximum Gasteiger partial charge on any atom is 0.238 e. The Hall–Kier alpha value is -1.44. The lowest BCUT2D eigenvalue weighted by Crippen LogP contribution is -2.35. The fourth-order valence-electron chi connectivity index (χ4n) is 1.45. The molecule has 0 aliphatic carbocycles. The van der Waals surface area contributed by atoms with E-state index in [9.17, 15) is 13.2 Å². The minimum Gasteiger partial charge on any atom is -0.325 e. The van der Waals surface area contributed by atoms with Crippen LogP contribution in [-0.2, 0) is 14.8 Å². The first-order chi connectivity index (χ1) is 8.87. The first kappa shape index (κ1) is 15.6. The standard InChI is InChI=1S/C12H19N3O3S/c1-10-4-3-5-11(8-10)15-12(16)9-13-6-7-14-19(2,17)18/h3-5,8,13-14H,6-7,9H2,1-2H3,(H,15,16). The minimum absolute atomic E-state index is 0.138. The highest BCUT2D eigenvalue weighted by atomic mass is 32.2.